The van der Waals surface area contributed by atoms with Crippen molar-refractivity contribution >= 4 is 28.7 Å². The van der Waals surface area contributed by atoms with Gasteiger partial charge >= 0.3 is 5.97 Å². The number of nitrogens with one attached hydrogen (secondary N) is 1. The number of hydrogen-bond acceptors (Lipinski definition) is 5. The number of carbonyl (C=O) groups is 1. The average molecular weight is 543 g/mol. The summed E-state index contributed by atoms with van der Waals surface area (Å²) in [5, 5.41) is 3.16. The molecule has 0 aromatic heterocycles. The van der Waals surface area contributed by atoms with Crippen LogP contribution < -0.4 is 15.0 Å². The topological polar surface area (TPSA) is 50.8 Å². The van der Waals surface area contributed by atoms with Crippen LogP contribution in [-0.4, -0.2) is 12.5 Å². The zero-order valence-electron chi connectivity index (χ0n) is 22.6. The highest BCUT2D eigenvalue weighted by molar-refractivity contribution is 5.97. The van der Waals surface area contributed by atoms with Gasteiger partial charge in [0.05, 0.1) is 11.3 Å². The van der Waals surface area contributed by atoms with E-state index in [1.807, 2.05) is 54.6 Å². The molecule has 0 saturated heterocycles. The molecule has 0 amide bonds. The number of benzene rings is 5. The third-order valence-electron chi connectivity index (χ3n) is 7.82. The number of halogens is 1. The fourth-order valence-corrected chi connectivity index (χ4v) is 5.86. The second kappa shape index (κ2) is 9.52. The fraction of sp³-hybridized carbons (Fsp3) is 0.114. The zero-order valence-corrected chi connectivity index (χ0v) is 22.6. The molecule has 0 radical (unpaired) electrons. The molecule has 202 valence electrons. The molecule has 2 aliphatic heterocycles. The Kier molecular flexibility index (Phi) is 5.78. The number of hydrogen-bond donors (Lipinski definition) is 1. The average Bonchev–Trinajstić information content (AvgIpc) is 3.29. The molecule has 1 spiro atoms. The lowest BCUT2D eigenvalue weighted by atomic mass is 9.77. The number of nitrogens with zero attached hydrogens (tertiary/aromatic N) is 1. The van der Waals surface area contributed by atoms with Gasteiger partial charge in [-0.05, 0) is 74.5 Å². The smallest absolute Gasteiger partial charge is 0.340 e. The van der Waals surface area contributed by atoms with Crippen LogP contribution in [-0.2, 0) is 10.3 Å². The van der Waals surface area contributed by atoms with Crippen LogP contribution >= 0.6 is 0 Å². The predicted molar refractivity (Wildman–Crippen MR) is 158 cm³/mol. The summed E-state index contributed by atoms with van der Waals surface area (Å²) < 4.78 is 27.3. The van der Waals surface area contributed by atoms with Gasteiger partial charge < -0.3 is 19.7 Å². The third kappa shape index (κ3) is 3.94. The summed E-state index contributed by atoms with van der Waals surface area (Å²) in [6.07, 6.45) is 0. The Labute approximate surface area is 237 Å². The van der Waals surface area contributed by atoms with Crippen molar-refractivity contribution in [3.05, 3.63) is 143 Å². The zero-order chi connectivity index (χ0) is 28.1. The molecule has 0 aliphatic carbocycles. The Hall–Kier alpha value is -5.10. The molecule has 7 rings (SSSR count). The van der Waals surface area contributed by atoms with Gasteiger partial charge in [-0.15, -0.1) is 0 Å². The van der Waals surface area contributed by atoms with E-state index >= 15 is 0 Å². The number of rotatable bonds is 5. The summed E-state index contributed by atoms with van der Waals surface area (Å²) in [6.45, 7) is 4.93. The predicted octanol–water partition coefficient (Wildman–Crippen LogP) is 8.60. The molecule has 41 heavy (non-hydrogen) atoms. The van der Waals surface area contributed by atoms with Gasteiger partial charge in [0, 0.05) is 46.4 Å². The van der Waals surface area contributed by atoms with Crippen LogP contribution in [0.4, 0.5) is 27.1 Å². The monoisotopic (exact) mass is 542 g/mol. The molecule has 1 N–H and O–H groups in total. The lowest BCUT2D eigenvalue weighted by molar-refractivity contribution is 0.0224. The Bertz CT molecular complexity index is 1820. The number of ether oxygens (including phenoxy) is 2. The van der Waals surface area contributed by atoms with Gasteiger partial charge in [0.25, 0.3) is 0 Å². The van der Waals surface area contributed by atoms with Crippen LogP contribution in [0, 0.1) is 12.7 Å². The van der Waals surface area contributed by atoms with Gasteiger partial charge in [-0.3, -0.25) is 0 Å². The van der Waals surface area contributed by atoms with Crippen LogP contribution in [0.5, 0.6) is 11.5 Å². The lowest BCUT2D eigenvalue weighted by Gasteiger charge is -2.37. The Balaban J connectivity index is 1.39. The van der Waals surface area contributed by atoms with Crippen molar-refractivity contribution in [1.29, 1.82) is 0 Å². The first kappa shape index (κ1) is 24.9. The molecule has 0 saturated carbocycles. The van der Waals surface area contributed by atoms with Crippen molar-refractivity contribution in [2.24, 2.45) is 0 Å². The molecule has 5 aromatic carbocycles. The first-order chi connectivity index (χ1) is 20.0. The van der Waals surface area contributed by atoms with Crippen LogP contribution in [0.15, 0.2) is 109 Å². The van der Waals surface area contributed by atoms with Gasteiger partial charge in [0.2, 0.25) is 0 Å². The minimum absolute atomic E-state index is 0.350. The molecule has 0 bridgehead atoms. The Morgan fingerprint density at radius 1 is 0.780 bits per heavy atom. The first-order valence-corrected chi connectivity index (χ1v) is 13.6. The summed E-state index contributed by atoms with van der Waals surface area (Å²) in [7, 11) is 0. The summed E-state index contributed by atoms with van der Waals surface area (Å²) in [5.41, 5.74) is 5.67. The van der Waals surface area contributed by atoms with E-state index < -0.39 is 11.6 Å². The van der Waals surface area contributed by atoms with Gasteiger partial charge in [-0.25, -0.2) is 9.18 Å². The molecule has 2 aliphatic rings. The molecular weight excluding hydrogens is 515 g/mol. The van der Waals surface area contributed by atoms with Crippen LogP contribution in [0.2, 0.25) is 0 Å². The minimum Gasteiger partial charge on any atom is -0.456 e. The SMILES string of the molecule is CCN(c1ccc(C)cc1)c1ccc2c(c1)Oc1ccc(Nc3ccccc3F)cc1C21OC(=O)c2ccccc21. The van der Waals surface area contributed by atoms with E-state index in [9.17, 15) is 9.18 Å². The molecule has 0 fully saturated rings. The maximum absolute atomic E-state index is 14.5. The van der Waals surface area contributed by atoms with E-state index in [1.54, 1.807) is 24.3 Å². The molecular formula is C35H27FN2O3. The van der Waals surface area contributed by atoms with Gasteiger partial charge in [-0.2, -0.15) is 0 Å². The maximum Gasteiger partial charge on any atom is 0.340 e. The Morgan fingerprint density at radius 2 is 1.54 bits per heavy atom. The van der Waals surface area contributed by atoms with E-state index in [0.29, 0.717) is 34.0 Å². The number of esters is 1. The number of fused-ring (bicyclic) bond motifs is 6. The van der Waals surface area contributed by atoms with Crippen molar-refractivity contribution in [1.82, 2.24) is 0 Å². The summed E-state index contributed by atoms with van der Waals surface area (Å²) in [5.74, 6) is 0.419. The second-order valence-electron chi connectivity index (χ2n) is 10.3. The van der Waals surface area contributed by atoms with Gasteiger partial charge in [0.15, 0.2) is 5.60 Å². The summed E-state index contributed by atoms with van der Waals surface area (Å²) in [6, 6.07) is 33.9. The van der Waals surface area contributed by atoms with Crippen LogP contribution in [0.1, 0.15) is 39.5 Å². The Morgan fingerprint density at radius 3 is 2.34 bits per heavy atom. The molecule has 5 nitrogen and oxygen atoms in total. The van der Waals surface area contributed by atoms with E-state index in [4.69, 9.17) is 9.47 Å². The van der Waals surface area contributed by atoms with E-state index in [-0.39, 0.29) is 5.82 Å². The van der Waals surface area contributed by atoms with Crippen molar-refractivity contribution in [2.45, 2.75) is 19.4 Å². The molecule has 1 unspecified atom stereocenters. The van der Waals surface area contributed by atoms with E-state index in [0.717, 1.165) is 29.0 Å². The minimum atomic E-state index is -1.22. The van der Waals surface area contributed by atoms with Crippen LogP contribution in [0.3, 0.4) is 0 Å². The summed E-state index contributed by atoms with van der Waals surface area (Å²) >= 11 is 0. The quantitative estimate of drug-likeness (QED) is 0.225. The van der Waals surface area contributed by atoms with E-state index in [1.165, 1.54) is 11.6 Å². The largest absolute Gasteiger partial charge is 0.456 e. The molecule has 1 atom stereocenters. The highest BCUT2D eigenvalue weighted by Crippen LogP contribution is 2.57. The standard InChI is InChI=1S/C35H27FN2O3/c1-3-38(24-15-12-22(2)13-16-24)25-17-18-28-33(21-25)40-32-19-14-23(37-31-11-7-6-10-30(31)36)20-29(32)35(28)27-9-5-4-8-26(27)34(39)41-35/h4-21,37H,3H2,1-2H3. The maximum atomic E-state index is 14.5. The molecule has 2 heterocycles. The van der Waals surface area contributed by atoms with Crippen molar-refractivity contribution < 1.29 is 18.7 Å². The molecule has 6 heteroatoms. The van der Waals surface area contributed by atoms with Crippen molar-refractivity contribution in [3.8, 4) is 11.5 Å². The normalized spacial score (nSPS) is 16.3. The second-order valence-corrected chi connectivity index (χ2v) is 10.3. The first-order valence-electron chi connectivity index (χ1n) is 13.6. The number of carbonyl (C=O) groups excluding carboxylic acids is 1. The highest BCUT2D eigenvalue weighted by atomic mass is 19.1. The third-order valence-corrected chi connectivity index (χ3v) is 7.82. The van der Waals surface area contributed by atoms with E-state index in [2.05, 4.69) is 48.3 Å². The lowest BCUT2D eigenvalue weighted by Crippen LogP contribution is -2.33. The number of anilines is 4. The van der Waals surface area contributed by atoms with Gasteiger partial charge in [-0.1, -0.05) is 48.0 Å². The van der Waals surface area contributed by atoms with Crippen molar-refractivity contribution in [2.75, 3.05) is 16.8 Å². The van der Waals surface area contributed by atoms with Gasteiger partial charge in [0.1, 0.15) is 17.3 Å². The molecule has 5 aromatic rings. The summed E-state index contributed by atoms with van der Waals surface area (Å²) in [4.78, 5) is 15.5. The highest BCUT2D eigenvalue weighted by Gasteiger charge is 2.53. The number of aryl methyl sites for hydroxylation is 1. The fourth-order valence-electron chi connectivity index (χ4n) is 5.86. The van der Waals surface area contributed by atoms with Crippen LogP contribution in [0.25, 0.3) is 0 Å². The van der Waals surface area contributed by atoms with Crippen molar-refractivity contribution in [3.63, 3.8) is 0 Å². The number of para-hydroxylation sites is 1.